The smallest absolute Gasteiger partial charge is 0.167 e. The van der Waals surface area contributed by atoms with E-state index in [0.29, 0.717) is 12.2 Å². The summed E-state index contributed by atoms with van der Waals surface area (Å²) in [4.78, 5) is 11.2. The number of carbonyl (C=O) groups is 1. The van der Waals surface area contributed by atoms with E-state index in [2.05, 4.69) is 32.9 Å². The molecule has 1 heteroatoms. The first-order chi connectivity index (χ1) is 5.98. The third-order valence-electron chi connectivity index (χ3n) is 2.63. The second-order valence-corrected chi connectivity index (χ2v) is 4.72. The summed E-state index contributed by atoms with van der Waals surface area (Å²) in [5.74, 6) is 0.293. The van der Waals surface area contributed by atoms with Gasteiger partial charge in [0.15, 0.2) is 5.78 Å². The predicted molar refractivity (Wildman–Crippen MR) is 53.2 cm³/mol. The van der Waals surface area contributed by atoms with Crippen LogP contribution in [0.15, 0.2) is 18.2 Å². The zero-order chi connectivity index (χ0) is 9.64. The summed E-state index contributed by atoms with van der Waals surface area (Å²) in [6.07, 6.45) is 0.639. The van der Waals surface area contributed by atoms with Gasteiger partial charge in [-0.1, -0.05) is 32.9 Å². The number of carbonyl (C=O) groups excluding carboxylic acids is 1. The van der Waals surface area contributed by atoms with Gasteiger partial charge in [-0.15, -0.1) is 0 Å². The van der Waals surface area contributed by atoms with Gasteiger partial charge in [-0.25, -0.2) is 0 Å². The van der Waals surface area contributed by atoms with Crippen molar-refractivity contribution in [1.82, 2.24) is 0 Å². The van der Waals surface area contributed by atoms with Crippen molar-refractivity contribution in [2.75, 3.05) is 0 Å². The standard InChI is InChI=1S/C12H14O/c1-12(2,3)9-5-4-8-6-11(13)10(8)7-9/h4-5,7H,6H2,1-3H3. The number of rotatable bonds is 0. The third-order valence-corrected chi connectivity index (χ3v) is 2.63. The van der Waals surface area contributed by atoms with E-state index in [0.717, 1.165) is 5.56 Å². The zero-order valence-electron chi connectivity index (χ0n) is 8.35. The van der Waals surface area contributed by atoms with Gasteiger partial charge < -0.3 is 0 Å². The molecule has 13 heavy (non-hydrogen) atoms. The fraction of sp³-hybridized carbons (Fsp3) is 0.417. The minimum atomic E-state index is 0.144. The van der Waals surface area contributed by atoms with E-state index < -0.39 is 0 Å². The van der Waals surface area contributed by atoms with Gasteiger partial charge in [-0.05, 0) is 22.6 Å². The minimum absolute atomic E-state index is 0.144. The van der Waals surface area contributed by atoms with Gasteiger partial charge in [-0.3, -0.25) is 4.79 Å². The van der Waals surface area contributed by atoms with Crippen LogP contribution in [0.25, 0.3) is 0 Å². The summed E-state index contributed by atoms with van der Waals surface area (Å²) in [5, 5.41) is 0. The number of hydrogen-bond donors (Lipinski definition) is 0. The van der Waals surface area contributed by atoms with Crippen molar-refractivity contribution in [1.29, 1.82) is 0 Å². The minimum Gasteiger partial charge on any atom is -0.294 e. The Kier molecular flexibility index (Phi) is 1.59. The van der Waals surface area contributed by atoms with Crippen molar-refractivity contribution in [3.63, 3.8) is 0 Å². The summed E-state index contributed by atoms with van der Waals surface area (Å²) in [6.45, 7) is 6.49. The number of hydrogen-bond acceptors (Lipinski definition) is 1. The zero-order valence-corrected chi connectivity index (χ0v) is 8.35. The largest absolute Gasteiger partial charge is 0.294 e. The van der Waals surface area contributed by atoms with Crippen LogP contribution in [-0.2, 0) is 11.8 Å². The van der Waals surface area contributed by atoms with E-state index in [1.807, 2.05) is 6.07 Å². The molecule has 1 aliphatic carbocycles. The first-order valence-corrected chi connectivity index (χ1v) is 4.65. The highest BCUT2D eigenvalue weighted by Gasteiger charge is 2.25. The first-order valence-electron chi connectivity index (χ1n) is 4.65. The Bertz CT molecular complexity index is 369. The lowest BCUT2D eigenvalue weighted by Gasteiger charge is -2.24. The van der Waals surface area contributed by atoms with E-state index in [4.69, 9.17) is 0 Å². The molecular weight excluding hydrogens is 160 g/mol. The SMILES string of the molecule is CC(C)(C)c1ccc2c(c1)C(=O)C2. The Morgan fingerprint density at radius 2 is 1.92 bits per heavy atom. The van der Waals surface area contributed by atoms with Gasteiger partial charge in [0.1, 0.15) is 0 Å². The summed E-state index contributed by atoms with van der Waals surface area (Å²) >= 11 is 0. The molecule has 1 aliphatic rings. The van der Waals surface area contributed by atoms with Crippen LogP contribution in [0.2, 0.25) is 0 Å². The molecule has 0 spiro atoms. The Morgan fingerprint density at radius 3 is 2.46 bits per heavy atom. The Labute approximate surface area is 78.8 Å². The van der Waals surface area contributed by atoms with Crippen LogP contribution < -0.4 is 0 Å². The van der Waals surface area contributed by atoms with Gasteiger partial charge in [0.2, 0.25) is 0 Å². The molecule has 0 aromatic heterocycles. The number of ketones is 1. The van der Waals surface area contributed by atoms with E-state index in [9.17, 15) is 4.79 Å². The monoisotopic (exact) mass is 174 g/mol. The number of benzene rings is 1. The van der Waals surface area contributed by atoms with E-state index >= 15 is 0 Å². The maximum absolute atomic E-state index is 11.2. The number of Topliss-reactive ketones (excluding diaryl/α,β-unsaturated/α-hetero) is 1. The van der Waals surface area contributed by atoms with Crippen LogP contribution in [0.4, 0.5) is 0 Å². The fourth-order valence-electron chi connectivity index (χ4n) is 1.62. The predicted octanol–water partition coefficient (Wildman–Crippen LogP) is 2.72. The molecule has 2 rings (SSSR count). The first kappa shape index (κ1) is 8.49. The molecule has 68 valence electrons. The van der Waals surface area contributed by atoms with Crippen molar-refractivity contribution in [2.45, 2.75) is 32.6 Å². The summed E-state index contributed by atoms with van der Waals surface area (Å²) in [7, 11) is 0. The van der Waals surface area contributed by atoms with Gasteiger partial charge in [0.25, 0.3) is 0 Å². The molecule has 0 amide bonds. The lowest BCUT2D eigenvalue weighted by atomic mass is 9.80. The van der Waals surface area contributed by atoms with Crippen molar-refractivity contribution in [2.24, 2.45) is 0 Å². The van der Waals surface area contributed by atoms with Crippen molar-refractivity contribution >= 4 is 5.78 Å². The average molecular weight is 174 g/mol. The molecule has 0 atom stereocenters. The molecule has 1 aromatic carbocycles. The fourth-order valence-corrected chi connectivity index (χ4v) is 1.62. The molecule has 1 aromatic rings. The van der Waals surface area contributed by atoms with Crippen LogP contribution in [0.5, 0.6) is 0 Å². The molecule has 0 heterocycles. The molecule has 1 nitrogen and oxygen atoms in total. The van der Waals surface area contributed by atoms with Gasteiger partial charge in [-0.2, -0.15) is 0 Å². The Balaban J connectivity index is 2.47. The van der Waals surface area contributed by atoms with Crippen LogP contribution in [0, 0.1) is 0 Å². The maximum Gasteiger partial charge on any atom is 0.167 e. The van der Waals surface area contributed by atoms with Crippen LogP contribution >= 0.6 is 0 Å². The number of fused-ring (bicyclic) bond motifs is 1. The normalized spacial score (nSPS) is 15.2. The highest BCUT2D eigenvalue weighted by Crippen LogP contribution is 2.29. The second kappa shape index (κ2) is 2.44. The van der Waals surface area contributed by atoms with Crippen molar-refractivity contribution < 1.29 is 4.79 Å². The highest BCUT2D eigenvalue weighted by atomic mass is 16.1. The summed E-state index contributed by atoms with van der Waals surface area (Å²) < 4.78 is 0. The molecule has 0 radical (unpaired) electrons. The van der Waals surface area contributed by atoms with E-state index in [-0.39, 0.29) is 5.41 Å². The summed E-state index contributed by atoms with van der Waals surface area (Å²) in [5.41, 5.74) is 3.54. The second-order valence-electron chi connectivity index (χ2n) is 4.72. The van der Waals surface area contributed by atoms with Gasteiger partial charge >= 0.3 is 0 Å². The van der Waals surface area contributed by atoms with Gasteiger partial charge in [0.05, 0.1) is 0 Å². The van der Waals surface area contributed by atoms with E-state index in [1.165, 1.54) is 11.1 Å². The molecule has 0 N–H and O–H groups in total. The van der Waals surface area contributed by atoms with Crippen molar-refractivity contribution in [3.8, 4) is 0 Å². The van der Waals surface area contributed by atoms with E-state index in [1.54, 1.807) is 0 Å². The quantitative estimate of drug-likeness (QED) is 0.591. The summed E-state index contributed by atoms with van der Waals surface area (Å²) in [6, 6.07) is 6.25. The average Bonchev–Trinajstić information content (AvgIpc) is 2.00. The molecule has 0 fully saturated rings. The maximum atomic E-state index is 11.2. The lowest BCUT2D eigenvalue weighted by Crippen LogP contribution is -2.21. The van der Waals surface area contributed by atoms with Crippen LogP contribution in [-0.4, -0.2) is 5.78 Å². The highest BCUT2D eigenvalue weighted by molar-refractivity contribution is 6.06. The Morgan fingerprint density at radius 1 is 1.23 bits per heavy atom. The third kappa shape index (κ3) is 1.28. The molecule has 0 aliphatic heterocycles. The van der Waals surface area contributed by atoms with Crippen molar-refractivity contribution in [3.05, 3.63) is 34.9 Å². The molecule has 0 saturated heterocycles. The van der Waals surface area contributed by atoms with Crippen LogP contribution in [0.3, 0.4) is 0 Å². The Hall–Kier alpha value is -1.11. The topological polar surface area (TPSA) is 17.1 Å². The molecule has 0 unspecified atom stereocenters. The van der Waals surface area contributed by atoms with Crippen LogP contribution in [0.1, 0.15) is 42.3 Å². The lowest BCUT2D eigenvalue weighted by molar-refractivity contribution is 0.0968. The molecule has 0 bridgehead atoms. The molecule has 0 saturated carbocycles. The molecular formula is C12H14O. The van der Waals surface area contributed by atoms with Gasteiger partial charge in [0, 0.05) is 12.0 Å².